The van der Waals surface area contributed by atoms with Crippen LogP contribution in [0.25, 0.3) is 0 Å². The van der Waals surface area contributed by atoms with E-state index in [1.807, 2.05) is 0 Å². The first kappa shape index (κ1) is 42.9. The first-order valence-corrected chi connectivity index (χ1v) is 20.9. The molecule has 43 heavy (non-hydrogen) atoms. The number of hydrogen-bond acceptors (Lipinski definition) is 4. The van der Waals surface area contributed by atoms with Crippen LogP contribution in [0.3, 0.4) is 0 Å². The van der Waals surface area contributed by atoms with Crippen molar-refractivity contribution in [2.75, 3.05) is 12.3 Å². The largest absolute Gasteiger partial charge is 0.512 e. The summed E-state index contributed by atoms with van der Waals surface area (Å²) in [4.78, 5) is 0. The van der Waals surface area contributed by atoms with Crippen LogP contribution in [0.2, 0.25) is 0 Å². The molecule has 0 saturated heterocycles. The molecule has 0 aromatic carbocycles. The van der Waals surface area contributed by atoms with Crippen molar-refractivity contribution in [1.29, 1.82) is 0 Å². The van der Waals surface area contributed by atoms with Crippen molar-refractivity contribution in [3.8, 4) is 0 Å². The molecule has 0 aliphatic rings. The van der Waals surface area contributed by atoms with Gasteiger partial charge in [0, 0.05) is 8.07 Å². The Kier molecular flexibility index (Phi) is 23.2. The van der Waals surface area contributed by atoms with E-state index in [2.05, 4.69) is 13.8 Å². The van der Waals surface area contributed by atoms with Gasteiger partial charge in [0.2, 0.25) is 0 Å². The minimum Gasteiger partial charge on any atom is -0.201 e. The van der Waals surface area contributed by atoms with Gasteiger partial charge in [-0.05, 0) is 25.2 Å². The van der Waals surface area contributed by atoms with Crippen LogP contribution in [0.1, 0.15) is 162 Å². The molecule has 0 aliphatic carbocycles. The molecule has 14 heteroatoms. The van der Waals surface area contributed by atoms with Crippen LogP contribution in [0, 0.1) is 0 Å². The summed E-state index contributed by atoms with van der Waals surface area (Å²) in [5.74, 6) is 0. The van der Waals surface area contributed by atoms with Gasteiger partial charge < -0.3 is 0 Å². The molecule has 5 nitrogen and oxygen atoms in total. The van der Waals surface area contributed by atoms with Gasteiger partial charge in [-0.1, -0.05) is 152 Å². The van der Waals surface area contributed by atoms with Crippen LogP contribution in [-0.2, 0) is 20.0 Å². The lowest BCUT2D eigenvalue weighted by Gasteiger charge is -2.31. The highest BCUT2D eigenvalue weighted by atomic mass is 32.3. The molecule has 260 valence electrons. The Bertz CT molecular complexity index is 856. The summed E-state index contributed by atoms with van der Waals surface area (Å²) in [5, 5.41) is 0. The van der Waals surface area contributed by atoms with Gasteiger partial charge >= 0.3 is 31.1 Å². The Morgan fingerprint density at radius 3 is 0.837 bits per heavy atom. The SMILES string of the molecule is CCCCCCCCCCCCCCP(CCCCCCCCCCCCC)N(S(=O)(=O)C(F)(F)F)S(=O)(=O)C(F)(F)F. The minimum atomic E-state index is -6.76. The van der Waals surface area contributed by atoms with Crippen molar-refractivity contribution >= 4 is 28.1 Å². The lowest BCUT2D eigenvalue weighted by atomic mass is 10.1. The van der Waals surface area contributed by atoms with E-state index in [4.69, 9.17) is 0 Å². The maximum absolute atomic E-state index is 13.4. The number of unbranched alkanes of at least 4 members (excludes halogenated alkanes) is 21. The number of halogens is 6. The van der Waals surface area contributed by atoms with Gasteiger partial charge in [0.05, 0.1) is 0 Å². The summed E-state index contributed by atoms with van der Waals surface area (Å²) < 4.78 is 128. The van der Waals surface area contributed by atoms with E-state index in [-0.39, 0.29) is 25.2 Å². The number of rotatable bonds is 28. The van der Waals surface area contributed by atoms with Crippen LogP contribution in [-0.4, -0.2) is 43.7 Å². The Morgan fingerprint density at radius 2 is 0.628 bits per heavy atom. The molecule has 1 unspecified atom stereocenters. The Labute approximate surface area is 259 Å². The van der Waals surface area contributed by atoms with Crippen LogP contribution in [0.5, 0.6) is 0 Å². The van der Waals surface area contributed by atoms with Crippen LogP contribution >= 0.6 is 8.07 Å². The van der Waals surface area contributed by atoms with Crippen LogP contribution < -0.4 is 0 Å². The predicted octanol–water partition coefficient (Wildman–Crippen LogP) is 11.4. The molecule has 0 aromatic rings. The lowest BCUT2D eigenvalue weighted by molar-refractivity contribution is -0.0505. The van der Waals surface area contributed by atoms with Gasteiger partial charge in [0.1, 0.15) is 0 Å². The van der Waals surface area contributed by atoms with E-state index in [1.54, 1.807) is 0 Å². The predicted molar refractivity (Wildman–Crippen MR) is 166 cm³/mol. The van der Waals surface area contributed by atoms with Gasteiger partial charge in [-0.25, -0.2) is 16.8 Å². The van der Waals surface area contributed by atoms with Crippen molar-refractivity contribution in [3.05, 3.63) is 0 Å². The quantitative estimate of drug-likeness (QED) is 0.0465. The van der Waals surface area contributed by atoms with Crippen molar-refractivity contribution in [2.45, 2.75) is 173 Å². The molecule has 0 spiro atoms. The number of hydrogen-bond donors (Lipinski definition) is 0. The van der Waals surface area contributed by atoms with Gasteiger partial charge in [-0.3, -0.25) is 0 Å². The van der Waals surface area contributed by atoms with E-state index in [9.17, 15) is 43.2 Å². The highest BCUT2D eigenvalue weighted by Crippen LogP contribution is 2.52. The van der Waals surface area contributed by atoms with E-state index in [0.717, 1.165) is 64.2 Å². The summed E-state index contributed by atoms with van der Waals surface area (Å²) in [6.07, 6.45) is 20.8. The molecule has 0 bridgehead atoms. The molecule has 0 N–H and O–H groups in total. The Morgan fingerprint density at radius 1 is 0.419 bits per heavy atom. The molecule has 0 rings (SSSR count). The molecule has 0 aliphatic heterocycles. The summed E-state index contributed by atoms with van der Waals surface area (Å²) >= 11 is 0. The maximum atomic E-state index is 13.4. The average Bonchev–Trinajstić information content (AvgIpc) is 2.90. The second-order valence-corrected chi connectivity index (χ2v) is 18.1. The molecule has 0 aromatic heterocycles. The van der Waals surface area contributed by atoms with E-state index < -0.39 is 42.6 Å². The summed E-state index contributed by atoms with van der Waals surface area (Å²) in [5.41, 5.74) is -12.3. The van der Waals surface area contributed by atoms with Crippen molar-refractivity contribution in [3.63, 3.8) is 0 Å². The molecule has 1 atom stereocenters. The normalized spacial score (nSPS) is 14.1. The molecule has 0 heterocycles. The molecule has 0 saturated carbocycles. The standard InChI is InChI=1S/C29H56F6NO4PS2/c1-3-5-7-9-11-13-15-17-19-21-23-25-27-41(26-24-22-20-18-16-14-12-10-8-6-4-2)36(42(37,38)28(30,31)32)43(39,40)29(33,34)35/h3-27H2,1-2H3. The fraction of sp³-hybridized carbons (Fsp3) is 1.00. The topological polar surface area (TPSA) is 71.5 Å². The van der Waals surface area contributed by atoms with E-state index in [0.29, 0.717) is 25.7 Å². The molecular formula is C29H56F6NO4PS2. The van der Waals surface area contributed by atoms with Crippen LogP contribution in [0.4, 0.5) is 26.3 Å². The fourth-order valence-electron chi connectivity index (χ4n) is 4.98. The van der Waals surface area contributed by atoms with Gasteiger partial charge in [0.15, 0.2) is 0 Å². The van der Waals surface area contributed by atoms with Crippen molar-refractivity contribution in [1.82, 2.24) is 3.48 Å². The zero-order valence-corrected chi connectivity index (χ0v) is 28.8. The first-order chi connectivity index (χ1) is 20.1. The molecular weight excluding hydrogens is 635 g/mol. The third-order valence-electron chi connectivity index (χ3n) is 7.52. The molecule has 0 fully saturated rings. The van der Waals surface area contributed by atoms with E-state index >= 15 is 0 Å². The number of alkyl halides is 6. The van der Waals surface area contributed by atoms with Crippen molar-refractivity contribution < 1.29 is 43.2 Å². The molecule has 0 radical (unpaired) electrons. The lowest BCUT2D eigenvalue weighted by Crippen LogP contribution is -2.47. The Hall–Kier alpha value is -0.130. The zero-order valence-electron chi connectivity index (χ0n) is 26.3. The van der Waals surface area contributed by atoms with E-state index in [1.165, 1.54) is 44.9 Å². The second-order valence-electron chi connectivity index (χ2n) is 11.5. The summed E-state index contributed by atoms with van der Waals surface area (Å²) in [7, 11) is -16.3. The second kappa shape index (κ2) is 23.2. The number of nitrogens with zero attached hydrogens (tertiary/aromatic N) is 1. The number of sulfonamides is 2. The minimum absolute atomic E-state index is 0.164. The Balaban J connectivity index is 5.12. The smallest absolute Gasteiger partial charge is 0.201 e. The highest BCUT2D eigenvalue weighted by molar-refractivity contribution is 8.11. The fourth-order valence-corrected chi connectivity index (χ4v) is 12.6. The van der Waals surface area contributed by atoms with Gasteiger partial charge in [-0.2, -0.15) is 26.3 Å². The third-order valence-corrected chi connectivity index (χ3v) is 15.5. The molecule has 0 amide bonds. The van der Waals surface area contributed by atoms with Gasteiger partial charge in [-0.15, -0.1) is 0 Å². The first-order valence-electron chi connectivity index (χ1n) is 16.3. The summed E-state index contributed by atoms with van der Waals surface area (Å²) in [6, 6.07) is 0. The average molecular weight is 692 g/mol. The maximum Gasteiger partial charge on any atom is 0.512 e. The summed E-state index contributed by atoms with van der Waals surface area (Å²) in [6.45, 7) is 4.30. The van der Waals surface area contributed by atoms with Crippen LogP contribution in [0.15, 0.2) is 0 Å². The highest BCUT2D eigenvalue weighted by Gasteiger charge is 2.63. The van der Waals surface area contributed by atoms with Gasteiger partial charge in [0.25, 0.3) is 0 Å². The third kappa shape index (κ3) is 18.0. The zero-order chi connectivity index (χ0) is 32.8. The monoisotopic (exact) mass is 691 g/mol. The van der Waals surface area contributed by atoms with Crippen molar-refractivity contribution in [2.24, 2.45) is 0 Å².